The average Bonchev–Trinajstić information content (AvgIpc) is 2.44. The lowest BCUT2D eigenvalue weighted by molar-refractivity contribution is -0.121. The second-order valence-corrected chi connectivity index (χ2v) is 6.26. The van der Waals surface area contributed by atoms with Crippen LogP contribution in [0, 0.1) is 31.1 Å². The second kappa shape index (κ2) is 8.49. The number of H-pyrrole nitrogens is 1. The number of carbonyl (C=O) groups is 1. The van der Waals surface area contributed by atoms with Crippen molar-refractivity contribution in [3.63, 3.8) is 0 Å². The number of hydrogen-bond donors (Lipinski definition) is 3. The van der Waals surface area contributed by atoms with Gasteiger partial charge in [0.1, 0.15) is 11.6 Å². The first-order valence-corrected chi connectivity index (χ1v) is 7.83. The summed E-state index contributed by atoms with van der Waals surface area (Å²) < 4.78 is 0. The molecule has 126 valence electrons. The Morgan fingerprint density at radius 2 is 2.04 bits per heavy atom. The highest BCUT2D eigenvalue weighted by atomic mass is 16.3. The van der Waals surface area contributed by atoms with Gasteiger partial charge in [-0.05, 0) is 43.7 Å². The molecule has 1 aromatic heterocycles. The Kier molecular flexibility index (Phi) is 6.98. The Bertz CT molecular complexity index is 656. The number of aryl methyl sites for hydroxylation is 1. The number of aliphatic hydroxyl groups excluding tert-OH is 1. The van der Waals surface area contributed by atoms with E-state index in [1.807, 2.05) is 19.9 Å². The highest BCUT2D eigenvalue weighted by Crippen LogP contribution is 2.14. The fraction of sp³-hybridized carbons (Fsp3) is 0.588. The van der Waals surface area contributed by atoms with Gasteiger partial charge >= 0.3 is 0 Å². The number of aromatic amines is 1. The summed E-state index contributed by atoms with van der Waals surface area (Å²) in [5.74, 6) is 0.217. The summed E-state index contributed by atoms with van der Waals surface area (Å²) >= 11 is 0. The van der Waals surface area contributed by atoms with Crippen LogP contribution in [-0.4, -0.2) is 28.6 Å². The maximum Gasteiger partial charge on any atom is 0.266 e. The third-order valence-corrected chi connectivity index (χ3v) is 3.80. The Balaban J connectivity index is 2.64. The SMILES string of the molecule is Cc1[nH]c(=O)c(C#N)c(C)c1CCC(=O)NCC(O)CC(C)C. The molecule has 0 aliphatic heterocycles. The number of amides is 1. The van der Waals surface area contributed by atoms with E-state index in [4.69, 9.17) is 5.26 Å². The Hall–Kier alpha value is -2.13. The molecule has 0 bridgehead atoms. The minimum Gasteiger partial charge on any atom is -0.391 e. The summed E-state index contributed by atoms with van der Waals surface area (Å²) in [5.41, 5.74) is 1.82. The summed E-state index contributed by atoms with van der Waals surface area (Å²) in [4.78, 5) is 26.2. The van der Waals surface area contributed by atoms with Crippen LogP contribution in [0.1, 0.15) is 49.1 Å². The predicted molar refractivity (Wildman–Crippen MR) is 88.0 cm³/mol. The maximum absolute atomic E-state index is 11.9. The molecule has 0 radical (unpaired) electrons. The fourth-order valence-electron chi connectivity index (χ4n) is 2.61. The predicted octanol–water partition coefficient (Wildman–Crippen LogP) is 1.32. The smallest absolute Gasteiger partial charge is 0.266 e. The number of hydrogen-bond acceptors (Lipinski definition) is 4. The maximum atomic E-state index is 11.9. The van der Waals surface area contributed by atoms with E-state index in [1.54, 1.807) is 13.8 Å². The van der Waals surface area contributed by atoms with Gasteiger partial charge in [0, 0.05) is 18.7 Å². The lowest BCUT2D eigenvalue weighted by Gasteiger charge is -2.14. The Morgan fingerprint density at radius 3 is 2.61 bits per heavy atom. The van der Waals surface area contributed by atoms with Crippen molar-refractivity contribution in [1.82, 2.24) is 10.3 Å². The minimum atomic E-state index is -0.541. The molecule has 1 heterocycles. The van der Waals surface area contributed by atoms with Crippen LogP contribution < -0.4 is 10.9 Å². The molecule has 0 aliphatic rings. The topological polar surface area (TPSA) is 106 Å². The van der Waals surface area contributed by atoms with Crippen molar-refractivity contribution in [2.75, 3.05) is 6.54 Å². The number of rotatable bonds is 7. The van der Waals surface area contributed by atoms with E-state index in [2.05, 4.69) is 10.3 Å². The quantitative estimate of drug-likeness (QED) is 0.704. The van der Waals surface area contributed by atoms with Crippen LogP contribution in [0.25, 0.3) is 0 Å². The van der Waals surface area contributed by atoms with Gasteiger partial charge in [-0.15, -0.1) is 0 Å². The van der Waals surface area contributed by atoms with Crippen LogP contribution in [0.3, 0.4) is 0 Å². The molecule has 0 spiro atoms. The first-order valence-electron chi connectivity index (χ1n) is 7.83. The van der Waals surface area contributed by atoms with Gasteiger partial charge in [0.2, 0.25) is 5.91 Å². The zero-order valence-electron chi connectivity index (χ0n) is 14.2. The molecular weight excluding hydrogens is 294 g/mol. The average molecular weight is 319 g/mol. The second-order valence-electron chi connectivity index (χ2n) is 6.26. The summed E-state index contributed by atoms with van der Waals surface area (Å²) in [5, 5.41) is 21.5. The zero-order valence-corrected chi connectivity index (χ0v) is 14.2. The number of nitriles is 1. The summed E-state index contributed by atoms with van der Waals surface area (Å²) in [6.45, 7) is 7.75. The molecule has 23 heavy (non-hydrogen) atoms. The van der Waals surface area contributed by atoms with Crippen LogP contribution in [0.5, 0.6) is 0 Å². The Labute approximate surface area is 136 Å². The van der Waals surface area contributed by atoms with E-state index in [-0.39, 0.29) is 24.4 Å². The monoisotopic (exact) mass is 319 g/mol. The molecule has 6 heteroatoms. The van der Waals surface area contributed by atoms with Crippen molar-refractivity contribution >= 4 is 5.91 Å². The molecule has 0 aromatic carbocycles. The fourth-order valence-corrected chi connectivity index (χ4v) is 2.61. The number of nitrogens with zero attached hydrogens (tertiary/aromatic N) is 1. The van der Waals surface area contributed by atoms with Gasteiger partial charge in [-0.25, -0.2) is 0 Å². The van der Waals surface area contributed by atoms with E-state index in [9.17, 15) is 14.7 Å². The number of nitrogens with one attached hydrogen (secondary N) is 2. The van der Waals surface area contributed by atoms with Gasteiger partial charge < -0.3 is 15.4 Å². The number of aromatic nitrogens is 1. The molecule has 1 amide bonds. The lowest BCUT2D eigenvalue weighted by Crippen LogP contribution is -2.33. The minimum absolute atomic E-state index is 0.0957. The molecule has 0 fully saturated rings. The molecule has 0 aliphatic carbocycles. The van der Waals surface area contributed by atoms with Gasteiger partial charge in [0.05, 0.1) is 6.10 Å². The highest BCUT2D eigenvalue weighted by molar-refractivity contribution is 5.76. The van der Waals surface area contributed by atoms with E-state index < -0.39 is 11.7 Å². The van der Waals surface area contributed by atoms with E-state index in [0.29, 0.717) is 30.0 Å². The molecular formula is C17H25N3O3. The number of carbonyl (C=O) groups excluding carboxylic acids is 1. The van der Waals surface area contributed by atoms with Gasteiger partial charge in [0.15, 0.2) is 0 Å². The summed E-state index contributed by atoms with van der Waals surface area (Å²) in [7, 11) is 0. The van der Waals surface area contributed by atoms with E-state index in [1.165, 1.54) is 0 Å². The molecule has 1 aromatic rings. The summed E-state index contributed by atoms with van der Waals surface area (Å²) in [6, 6.07) is 1.90. The van der Waals surface area contributed by atoms with Crippen LogP contribution in [0.2, 0.25) is 0 Å². The van der Waals surface area contributed by atoms with Crippen LogP contribution in [0.15, 0.2) is 4.79 Å². The molecule has 0 saturated carbocycles. The molecule has 1 atom stereocenters. The van der Waals surface area contributed by atoms with Crippen molar-refractivity contribution in [1.29, 1.82) is 5.26 Å². The third-order valence-electron chi connectivity index (χ3n) is 3.80. The molecule has 1 unspecified atom stereocenters. The molecule has 1 rings (SSSR count). The third kappa shape index (κ3) is 5.53. The highest BCUT2D eigenvalue weighted by Gasteiger charge is 2.14. The van der Waals surface area contributed by atoms with Crippen molar-refractivity contribution in [2.45, 2.75) is 53.1 Å². The van der Waals surface area contributed by atoms with E-state index in [0.717, 1.165) is 5.56 Å². The van der Waals surface area contributed by atoms with Crippen molar-refractivity contribution in [3.8, 4) is 6.07 Å². The van der Waals surface area contributed by atoms with Crippen molar-refractivity contribution in [3.05, 3.63) is 32.7 Å². The first-order chi connectivity index (χ1) is 10.8. The van der Waals surface area contributed by atoms with Gasteiger partial charge in [-0.1, -0.05) is 13.8 Å². The van der Waals surface area contributed by atoms with Crippen LogP contribution >= 0.6 is 0 Å². The number of aliphatic hydroxyl groups is 1. The van der Waals surface area contributed by atoms with Crippen LogP contribution in [0.4, 0.5) is 0 Å². The standard InChI is InChI=1S/C17H25N3O3/c1-10(2)7-13(21)9-19-16(22)6-5-14-11(3)15(8-18)17(23)20-12(14)4/h10,13,21H,5-7,9H2,1-4H3,(H,19,22)(H,20,23). The van der Waals surface area contributed by atoms with Crippen LogP contribution in [-0.2, 0) is 11.2 Å². The van der Waals surface area contributed by atoms with Crippen molar-refractivity contribution < 1.29 is 9.90 Å². The van der Waals surface area contributed by atoms with Gasteiger partial charge in [-0.3, -0.25) is 9.59 Å². The number of pyridine rings is 1. The molecule has 6 nitrogen and oxygen atoms in total. The van der Waals surface area contributed by atoms with E-state index >= 15 is 0 Å². The molecule has 0 saturated heterocycles. The Morgan fingerprint density at radius 1 is 1.39 bits per heavy atom. The molecule has 3 N–H and O–H groups in total. The zero-order chi connectivity index (χ0) is 17.6. The van der Waals surface area contributed by atoms with Gasteiger partial charge in [0.25, 0.3) is 5.56 Å². The lowest BCUT2D eigenvalue weighted by atomic mass is 9.99. The normalized spacial score (nSPS) is 12.0. The van der Waals surface area contributed by atoms with Crippen molar-refractivity contribution in [2.24, 2.45) is 5.92 Å². The van der Waals surface area contributed by atoms with Gasteiger partial charge in [-0.2, -0.15) is 5.26 Å². The first kappa shape index (κ1) is 18.9. The summed E-state index contributed by atoms with van der Waals surface area (Å²) in [6.07, 6.45) is 0.785. The largest absolute Gasteiger partial charge is 0.391 e.